The van der Waals surface area contributed by atoms with E-state index in [1.807, 2.05) is 30.3 Å². The van der Waals surface area contributed by atoms with Crippen molar-refractivity contribution in [2.45, 2.75) is 20.1 Å². The normalized spacial score (nSPS) is 11.6. The molecule has 11 heteroatoms. The fraction of sp³-hybridized carbons (Fsp3) is 0.192. The number of esters is 1. The van der Waals surface area contributed by atoms with Gasteiger partial charge in [0.25, 0.3) is 5.91 Å². The monoisotopic (exact) mass is 503 g/mol. The Hall–Kier alpha value is -4.77. The van der Waals surface area contributed by atoms with Gasteiger partial charge in [0.1, 0.15) is 0 Å². The van der Waals surface area contributed by atoms with Crippen LogP contribution in [-0.4, -0.2) is 45.7 Å². The van der Waals surface area contributed by atoms with Crippen molar-refractivity contribution >= 4 is 34.6 Å². The molecule has 4 aromatic rings. The molecule has 0 radical (unpaired) electrons. The topological polar surface area (TPSA) is 139 Å². The van der Waals surface area contributed by atoms with Crippen LogP contribution in [0.2, 0.25) is 0 Å². The van der Waals surface area contributed by atoms with Gasteiger partial charge < -0.3 is 14.2 Å². The highest BCUT2D eigenvalue weighted by molar-refractivity contribution is 6.09. The van der Waals surface area contributed by atoms with Crippen molar-refractivity contribution in [2.24, 2.45) is 12.9 Å². The third kappa shape index (κ3) is 5.41. The van der Waals surface area contributed by atoms with Gasteiger partial charge in [-0.1, -0.05) is 36.4 Å². The van der Waals surface area contributed by atoms with E-state index in [4.69, 9.17) is 15.3 Å². The number of hydrogen-bond donors (Lipinski definition) is 1. The molecular weight excluding hydrogens is 478 g/mol. The second kappa shape index (κ2) is 10.9. The molecule has 0 bridgehead atoms. The lowest BCUT2D eigenvalue weighted by Crippen LogP contribution is -2.38. The number of benzene rings is 2. The van der Waals surface area contributed by atoms with Crippen LogP contribution in [-0.2, 0) is 21.3 Å². The molecule has 4 rings (SSSR count). The fourth-order valence-corrected chi connectivity index (χ4v) is 3.73. The van der Waals surface area contributed by atoms with Gasteiger partial charge in [-0.25, -0.2) is 25.4 Å². The lowest BCUT2D eigenvalue weighted by atomic mass is 10.0. The third-order valence-corrected chi connectivity index (χ3v) is 5.47. The van der Waals surface area contributed by atoms with Crippen molar-refractivity contribution in [3.05, 3.63) is 78.2 Å². The minimum Gasteiger partial charge on any atom is -0.435 e. The zero-order valence-corrected chi connectivity index (χ0v) is 20.5. The van der Waals surface area contributed by atoms with Crippen molar-refractivity contribution in [1.82, 2.24) is 14.8 Å². The van der Waals surface area contributed by atoms with Crippen molar-refractivity contribution in [3.63, 3.8) is 0 Å². The maximum Gasteiger partial charge on any atom is 0.511 e. The highest BCUT2D eigenvalue weighted by Crippen LogP contribution is 2.27. The lowest BCUT2D eigenvalue weighted by Gasteiger charge is -2.17. The Kier molecular flexibility index (Phi) is 7.44. The number of aromatic nitrogens is 3. The number of ether oxygens (including phenoxy) is 3. The Labute approximate surface area is 212 Å². The first kappa shape index (κ1) is 25.3. The summed E-state index contributed by atoms with van der Waals surface area (Å²) >= 11 is 0. The number of carbonyl (C=O) groups is 3. The SMILES string of the molecule is CCOC(=O)OC(C)OC(=O)c1c(-c2ccc(C(=O)N(N)c3nccc4ccccc34)cc2)cnn1C. The number of pyridine rings is 1. The highest BCUT2D eigenvalue weighted by atomic mass is 16.8. The smallest absolute Gasteiger partial charge is 0.435 e. The van der Waals surface area contributed by atoms with Crippen LogP contribution < -0.4 is 10.9 Å². The van der Waals surface area contributed by atoms with Crippen LogP contribution in [0.25, 0.3) is 21.9 Å². The number of aryl methyl sites for hydroxylation is 1. The van der Waals surface area contributed by atoms with Gasteiger partial charge in [0.05, 0.1) is 12.8 Å². The molecule has 0 aliphatic rings. The second-order valence-corrected chi connectivity index (χ2v) is 7.91. The summed E-state index contributed by atoms with van der Waals surface area (Å²) in [6.07, 6.45) is 0.975. The predicted octanol–water partition coefficient (Wildman–Crippen LogP) is 3.83. The zero-order valence-electron chi connectivity index (χ0n) is 20.5. The molecule has 11 nitrogen and oxygen atoms in total. The molecule has 2 aromatic carbocycles. The molecule has 1 amide bonds. The summed E-state index contributed by atoms with van der Waals surface area (Å²) in [6, 6.07) is 15.9. The molecule has 190 valence electrons. The van der Waals surface area contributed by atoms with E-state index in [1.165, 1.54) is 17.8 Å². The Morgan fingerprint density at radius 3 is 2.51 bits per heavy atom. The summed E-state index contributed by atoms with van der Waals surface area (Å²) in [4.78, 5) is 41.6. The first-order valence-electron chi connectivity index (χ1n) is 11.4. The number of carbonyl (C=O) groups excluding carboxylic acids is 3. The molecule has 2 N–H and O–H groups in total. The maximum atomic E-state index is 13.1. The van der Waals surface area contributed by atoms with E-state index in [0.29, 0.717) is 22.5 Å². The number of fused-ring (bicyclic) bond motifs is 1. The number of hydrogen-bond acceptors (Lipinski definition) is 9. The number of anilines is 1. The average molecular weight is 504 g/mol. The van der Waals surface area contributed by atoms with E-state index in [0.717, 1.165) is 15.8 Å². The maximum absolute atomic E-state index is 13.1. The number of amides is 1. The molecule has 0 saturated carbocycles. The average Bonchev–Trinajstić information content (AvgIpc) is 3.29. The van der Waals surface area contributed by atoms with Crippen LogP contribution >= 0.6 is 0 Å². The molecule has 0 saturated heterocycles. The molecule has 2 aromatic heterocycles. The molecule has 0 spiro atoms. The predicted molar refractivity (Wildman–Crippen MR) is 134 cm³/mol. The second-order valence-electron chi connectivity index (χ2n) is 7.91. The molecule has 0 aliphatic heterocycles. The van der Waals surface area contributed by atoms with E-state index in [2.05, 4.69) is 14.8 Å². The van der Waals surface area contributed by atoms with E-state index in [9.17, 15) is 14.4 Å². The molecule has 2 heterocycles. The summed E-state index contributed by atoms with van der Waals surface area (Å²) in [7, 11) is 1.58. The number of hydrazine groups is 1. The van der Waals surface area contributed by atoms with E-state index in [-0.39, 0.29) is 12.3 Å². The van der Waals surface area contributed by atoms with Gasteiger partial charge in [0.2, 0.25) is 6.29 Å². The molecule has 1 atom stereocenters. The molecule has 37 heavy (non-hydrogen) atoms. The zero-order chi connectivity index (χ0) is 26.5. The molecule has 0 fully saturated rings. The summed E-state index contributed by atoms with van der Waals surface area (Å²) in [5.41, 5.74) is 1.54. The van der Waals surface area contributed by atoms with E-state index < -0.39 is 24.3 Å². The Morgan fingerprint density at radius 1 is 1.05 bits per heavy atom. The van der Waals surface area contributed by atoms with E-state index >= 15 is 0 Å². The van der Waals surface area contributed by atoms with Crippen LogP contribution in [0.1, 0.15) is 34.7 Å². The lowest BCUT2D eigenvalue weighted by molar-refractivity contribution is -0.0815. The number of nitrogens with zero attached hydrogens (tertiary/aromatic N) is 4. The van der Waals surface area contributed by atoms with Crippen LogP contribution in [0.3, 0.4) is 0 Å². The van der Waals surface area contributed by atoms with Crippen LogP contribution in [0.4, 0.5) is 10.6 Å². The third-order valence-electron chi connectivity index (χ3n) is 5.47. The summed E-state index contributed by atoms with van der Waals surface area (Å²) in [6.45, 7) is 3.16. The summed E-state index contributed by atoms with van der Waals surface area (Å²) < 4.78 is 16.1. The summed E-state index contributed by atoms with van der Waals surface area (Å²) in [5, 5.41) is 6.81. The van der Waals surface area contributed by atoms with Gasteiger partial charge in [0, 0.05) is 36.7 Å². The van der Waals surface area contributed by atoms with E-state index in [1.54, 1.807) is 44.4 Å². The Bertz CT molecular complexity index is 1440. The van der Waals surface area contributed by atoms with Gasteiger partial charge in [-0.15, -0.1) is 0 Å². The number of nitrogens with two attached hydrogens (primary N) is 1. The van der Waals surface area contributed by atoms with Crippen LogP contribution in [0.15, 0.2) is 67.0 Å². The fourth-order valence-electron chi connectivity index (χ4n) is 3.73. The van der Waals surface area contributed by atoms with Crippen LogP contribution in [0.5, 0.6) is 0 Å². The quantitative estimate of drug-likeness (QED) is 0.131. The van der Waals surface area contributed by atoms with Gasteiger partial charge >= 0.3 is 12.1 Å². The molecular formula is C26H25N5O6. The number of rotatable bonds is 7. The molecule has 0 aliphatic carbocycles. The van der Waals surface area contributed by atoms with Crippen molar-refractivity contribution in [1.29, 1.82) is 0 Å². The minimum atomic E-state index is -1.17. The highest BCUT2D eigenvalue weighted by Gasteiger charge is 2.24. The van der Waals surface area contributed by atoms with Crippen molar-refractivity contribution in [3.8, 4) is 11.1 Å². The van der Waals surface area contributed by atoms with Gasteiger partial charge in [-0.2, -0.15) is 5.10 Å². The van der Waals surface area contributed by atoms with Gasteiger partial charge in [0.15, 0.2) is 11.5 Å². The standard InChI is InChI=1S/C26H25N5O6/c1-4-35-26(34)37-16(2)36-25(33)22-21(15-29-30(22)3)18-9-11-19(12-10-18)24(32)31(27)23-20-8-6-5-7-17(20)13-14-28-23/h5-16H,4,27H2,1-3H3. The Balaban J connectivity index is 1.53. The van der Waals surface area contributed by atoms with Gasteiger partial charge in [-0.05, 0) is 36.1 Å². The van der Waals surface area contributed by atoms with Crippen LogP contribution in [0, 0.1) is 0 Å². The first-order valence-corrected chi connectivity index (χ1v) is 11.4. The largest absolute Gasteiger partial charge is 0.511 e. The van der Waals surface area contributed by atoms with Crippen molar-refractivity contribution < 1.29 is 28.6 Å². The summed E-state index contributed by atoms with van der Waals surface area (Å²) in [5.74, 6) is 5.29. The minimum absolute atomic E-state index is 0.129. The molecule has 1 unspecified atom stereocenters. The Morgan fingerprint density at radius 2 is 1.78 bits per heavy atom. The first-order chi connectivity index (χ1) is 17.8. The van der Waals surface area contributed by atoms with Crippen molar-refractivity contribution in [2.75, 3.05) is 11.6 Å². The van der Waals surface area contributed by atoms with Gasteiger partial charge in [-0.3, -0.25) is 9.48 Å².